The Morgan fingerprint density at radius 2 is 1.75 bits per heavy atom. The maximum atomic E-state index is 13.1. The van der Waals surface area contributed by atoms with Crippen molar-refractivity contribution in [3.05, 3.63) is 64.7 Å². The van der Waals surface area contributed by atoms with Crippen LogP contribution in [-0.2, 0) is 4.74 Å². The fourth-order valence-electron chi connectivity index (χ4n) is 3.87. The van der Waals surface area contributed by atoms with E-state index in [0.29, 0.717) is 48.9 Å². The highest BCUT2D eigenvalue weighted by molar-refractivity contribution is 6.35. The number of piperazine rings is 1. The lowest BCUT2D eigenvalue weighted by Gasteiger charge is -2.34. The SMILES string of the molecule is CCCOC(=O)N1CCN(C(=O)c2ccc3c(Cl)cc(-c4ccccc4C)nc3c2)CC1. The Morgan fingerprint density at radius 3 is 2.47 bits per heavy atom. The summed E-state index contributed by atoms with van der Waals surface area (Å²) < 4.78 is 5.19. The predicted molar refractivity (Wildman–Crippen MR) is 126 cm³/mol. The molecule has 1 saturated heterocycles. The summed E-state index contributed by atoms with van der Waals surface area (Å²) >= 11 is 6.54. The van der Waals surface area contributed by atoms with Crippen molar-refractivity contribution in [2.75, 3.05) is 32.8 Å². The number of carbonyl (C=O) groups excluding carboxylic acids is 2. The highest BCUT2D eigenvalue weighted by Gasteiger charge is 2.26. The zero-order chi connectivity index (χ0) is 22.7. The first-order valence-electron chi connectivity index (χ1n) is 10.8. The molecule has 7 heteroatoms. The van der Waals surface area contributed by atoms with Gasteiger partial charge in [-0.15, -0.1) is 0 Å². The van der Waals surface area contributed by atoms with E-state index in [-0.39, 0.29) is 12.0 Å². The van der Waals surface area contributed by atoms with Gasteiger partial charge in [-0.05, 0) is 37.1 Å². The first-order valence-corrected chi connectivity index (χ1v) is 11.2. The third-order valence-corrected chi connectivity index (χ3v) is 5.99. The molecule has 0 N–H and O–H groups in total. The summed E-state index contributed by atoms with van der Waals surface area (Å²) in [5.41, 5.74) is 4.15. The molecule has 2 aromatic carbocycles. The highest BCUT2D eigenvalue weighted by Crippen LogP contribution is 2.30. The van der Waals surface area contributed by atoms with Crippen LogP contribution < -0.4 is 0 Å². The third kappa shape index (κ3) is 4.55. The second-order valence-corrected chi connectivity index (χ2v) is 8.34. The average molecular weight is 452 g/mol. The van der Waals surface area contributed by atoms with Gasteiger partial charge in [-0.1, -0.05) is 48.9 Å². The molecule has 0 aliphatic carbocycles. The van der Waals surface area contributed by atoms with E-state index >= 15 is 0 Å². The minimum absolute atomic E-state index is 0.0762. The van der Waals surface area contributed by atoms with Crippen LogP contribution in [0.4, 0.5) is 4.79 Å². The molecule has 0 unspecified atom stereocenters. The fourth-order valence-corrected chi connectivity index (χ4v) is 4.14. The minimum Gasteiger partial charge on any atom is -0.449 e. The van der Waals surface area contributed by atoms with E-state index in [9.17, 15) is 9.59 Å². The lowest BCUT2D eigenvalue weighted by Crippen LogP contribution is -2.50. The number of amides is 2. The van der Waals surface area contributed by atoms with Crippen LogP contribution in [-0.4, -0.2) is 59.6 Å². The molecule has 166 valence electrons. The molecule has 1 aromatic heterocycles. The number of carbonyl (C=O) groups is 2. The molecular formula is C25H26ClN3O3. The molecule has 6 nitrogen and oxygen atoms in total. The number of rotatable bonds is 4. The standard InChI is InChI=1S/C25H26ClN3O3/c1-3-14-32-25(31)29-12-10-28(11-13-29)24(30)18-8-9-20-21(26)16-23(27-22(20)15-18)19-7-5-4-6-17(19)2/h4-9,15-16H,3,10-14H2,1-2H3. The zero-order valence-electron chi connectivity index (χ0n) is 18.3. The molecule has 32 heavy (non-hydrogen) atoms. The molecule has 1 aliphatic rings. The quantitative estimate of drug-likeness (QED) is 0.549. The molecule has 0 spiro atoms. The molecule has 4 rings (SSSR count). The summed E-state index contributed by atoms with van der Waals surface area (Å²) in [6, 6.07) is 15.3. The van der Waals surface area contributed by atoms with Crippen LogP contribution in [0.15, 0.2) is 48.5 Å². The summed E-state index contributed by atoms with van der Waals surface area (Å²) in [5.74, 6) is -0.0762. The Kier molecular flexibility index (Phi) is 6.61. The molecule has 0 saturated carbocycles. The maximum absolute atomic E-state index is 13.1. The predicted octanol–water partition coefficient (Wildman–Crippen LogP) is 5.17. The van der Waals surface area contributed by atoms with Gasteiger partial charge in [-0.25, -0.2) is 9.78 Å². The summed E-state index contributed by atoms with van der Waals surface area (Å²) in [5, 5.41) is 1.41. The van der Waals surface area contributed by atoms with Gasteiger partial charge >= 0.3 is 6.09 Å². The van der Waals surface area contributed by atoms with Crippen LogP contribution in [0, 0.1) is 6.92 Å². The number of aryl methyl sites for hydroxylation is 1. The Morgan fingerprint density at radius 1 is 1.03 bits per heavy atom. The number of nitrogens with zero attached hydrogens (tertiary/aromatic N) is 3. The average Bonchev–Trinajstić information content (AvgIpc) is 2.82. The van der Waals surface area contributed by atoms with Crippen molar-refractivity contribution < 1.29 is 14.3 Å². The molecule has 1 aliphatic heterocycles. The van der Waals surface area contributed by atoms with Crippen LogP contribution in [0.25, 0.3) is 22.2 Å². The first-order chi connectivity index (χ1) is 15.5. The molecule has 2 amide bonds. The van der Waals surface area contributed by atoms with Crippen molar-refractivity contribution in [2.45, 2.75) is 20.3 Å². The van der Waals surface area contributed by atoms with Gasteiger partial charge in [0.1, 0.15) is 0 Å². The molecule has 2 heterocycles. The zero-order valence-corrected chi connectivity index (χ0v) is 19.1. The fraction of sp³-hybridized carbons (Fsp3) is 0.320. The first kappa shape index (κ1) is 22.1. The number of hydrogen-bond donors (Lipinski definition) is 0. The number of ether oxygens (including phenoxy) is 1. The smallest absolute Gasteiger partial charge is 0.409 e. The van der Waals surface area contributed by atoms with E-state index in [2.05, 4.69) is 0 Å². The second kappa shape index (κ2) is 9.57. The van der Waals surface area contributed by atoms with Crippen LogP contribution >= 0.6 is 11.6 Å². The van der Waals surface area contributed by atoms with Crippen molar-refractivity contribution in [1.82, 2.24) is 14.8 Å². The maximum Gasteiger partial charge on any atom is 0.409 e. The van der Waals surface area contributed by atoms with E-state index in [1.54, 1.807) is 21.9 Å². The molecule has 0 radical (unpaired) electrons. The second-order valence-electron chi connectivity index (χ2n) is 7.93. The minimum atomic E-state index is -0.313. The Bertz CT molecular complexity index is 1160. The van der Waals surface area contributed by atoms with Gasteiger partial charge in [0.15, 0.2) is 0 Å². The van der Waals surface area contributed by atoms with Gasteiger partial charge < -0.3 is 14.5 Å². The highest BCUT2D eigenvalue weighted by atomic mass is 35.5. The van der Waals surface area contributed by atoms with E-state index in [0.717, 1.165) is 28.6 Å². The van der Waals surface area contributed by atoms with Crippen LogP contribution in [0.1, 0.15) is 29.3 Å². The third-order valence-electron chi connectivity index (χ3n) is 5.68. The Labute approximate surface area is 192 Å². The van der Waals surface area contributed by atoms with Gasteiger partial charge in [-0.3, -0.25) is 4.79 Å². The summed E-state index contributed by atoms with van der Waals surface area (Å²) in [7, 11) is 0. The number of halogens is 1. The number of benzene rings is 2. The van der Waals surface area contributed by atoms with Gasteiger partial charge in [0.25, 0.3) is 5.91 Å². The largest absolute Gasteiger partial charge is 0.449 e. The van der Waals surface area contributed by atoms with Gasteiger partial charge in [0.2, 0.25) is 0 Å². The van der Waals surface area contributed by atoms with E-state index in [1.807, 2.05) is 50.2 Å². The van der Waals surface area contributed by atoms with Crippen molar-refractivity contribution in [1.29, 1.82) is 0 Å². The Hall–Kier alpha value is -3.12. The molecule has 0 atom stereocenters. The topological polar surface area (TPSA) is 62.7 Å². The lowest BCUT2D eigenvalue weighted by atomic mass is 10.0. The van der Waals surface area contributed by atoms with E-state index < -0.39 is 0 Å². The van der Waals surface area contributed by atoms with Crippen molar-refractivity contribution >= 4 is 34.5 Å². The number of pyridine rings is 1. The summed E-state index contributed by atoms with van der Waals surface area (Å²) in [6.07, 6.45) is 0.475. The summed E-state index contributed by atoms with van der Waals surface area (Å²) in [6.45, 7) is 6.26. The van der Waals surface area contributed by atoms with Crippen LogP contribution in [0.3, 0.4) is 0 Å². The number of aromatic nitrogens is 1. The van der Waals surface area contributed by atoms with Gasteiger partial charge in [0.05, 0.1) is 22.8 Å². The van der Waals surface area contributed by atoms with Crippen molar-refractivity contribution in [3.63, 3.8) is 0 Å². The Balaban J connectivity index is 1.54. The molecule has 0 bridgehead atoms. The lowest BCUT2D eigenvalue weighted by molar-refractivity contribution is 0.0560. The van der Waals surface area contributed by atoms with E-state index in [4.69, 9.17) is 21.3 Å². The molecular weight excluding hydrogens is 426 g/mol. The number of fused-ring (bicyclic) bond motifs is 1. The van der Waals surface area contributed by atoms with Crippen LogP contribution in [0.2, 0.25) is 5.02 Å². The van der Waals surface area contributed by atoms with Gasteiger partial charge in [-0.2, -0.15) is 0 Å². The molecule has 1 fully saturated rings. The number of hydrogen-bond acceptors (Lipinski definition) is 4. The van der Waals surface area contributed by atoms with E-state index in [1.165, 1.54) is 0 Å². The van der Waals surface area contributed by atoms with Gasteiger partial charge in [0, 0.05) is 42.7 Å². The van der Waals surface area contributed by atoms with Crippen molar-refractivity contribution in [3.8, 4) is 11.3 Å². The normalized spacial score (nSPS) is 14.0. The van der Waals surface area contributed by atoms with Crippen LogP contribution in [0.5, 0.6) is 0 Å². The molecule has 3 aromatic rings. The monoisotopic (exact) mass is 451 g/mol. The summed E-state index contributed by atoms with van der Waals surface area (Å²) in [4.78, 5) is 33.4. The van der Waals surface area contributed by atoms with Crippen molar-refractivity contribution in [2.24, 2.45) is 0 Å².